The molecule has 0 N–H and O–H groups in total. The van der Waals surface area contributed by atoms with Gasteiger partial charge in [-0.15, -0.1) is 0 Å². The summed E-state index contributed by atoms with van der Waals surface area (Å²) in [6, 6.07) is 11.3. The van der Waals surface area contributed by atoms with E-state index < -0.39 is 6.04 Å². The van der Waals surface area contributed by atoms with E-state index in [1.165, 1.54) is 43.4 Å². The average Bonchev–Trinajstić information content (AvgIpc) is 3.67. The van der Waals surface area contributed by atoms with Gasteiger partial charge in [0.15, 0.2) is 0 Å². The molecule has 2 aliphatic heterocycles. The molecule has 3 heterocycles. The SMILES string of the molecule is CCC(Cc1cc(Cl)ccc1C1CCN(C(=O)C(Cc2ccc(Cl)cc2Cl)n2cncn2)CC1)CN1CCCC1. The van der Waals surface area contributed by atoms with Crippen LogP contribution >= 0.6 is 34.8 Å². The lowest BCUT2D eigenvalue weighted by Crippen LogP contribution is -2.43. The molecular weight excluding hydrogens is 565 g/mol. The van der Waals surface area contributed by atoms with Crippen LogP contribution in [-0.2, 0) is 17.6 Å². The summed E-state index contributed by atoms with van der Waals surface area (Å²) in [4.78, 5) is 22.5. The summed E-state index contributed by atoms with van der Waals surface area (Å²) in [5.41, 5.74) is 3.64. The molecular formula is C31H38Cl3N5O. The highest BCUT2D eigenvalue weighted by Crippen LogP contribution is 2.35. The Labute approximate surface area is 252 Å². The summed E-state index contributed by atoms with van der Waals surface area (Å²) in [7, 11) is 0. The normalized spacial score (nSPS) is 18.2. The van der Waals surface area contributed by atoms with Crippen molar-refractivity contribution in [3.05, 3.63) is 80.8 Å². The van der Waals surface area contributed by atoms with Gasteiger partial charge in [0, 0.05) is 41.1 Å². The van der Waals surface area contributed by atoms with Crippen molar-refractivity contribution in [2.75, 3.05) is 32.7 Å². The number of nitrogens with zero attached hydrogens (tertiary/aromatic N) is 5. The first-order chi connectivity index (χ1) is 19.4. The van der Waals surface area contributed by atoms with Gasteiger partial charge >= 0.3 is 0 Å². The Kier molecular flexibility index (Phi) is 10.1. The maximum Gasteiger partial charge on any atom is 0.247 e. The molecule has 2 aliphatic rings. The maximum atomic E-state index is 13.8. The summed E-state index contributed by atoms with van der Waals surface area (Å²) >= 11 is 19.1. The number of likely N-dealkylation sites (tertiary alicyclic amines) is 2. The zero-order valence-electron chi connectivity index (χ0n) is 23.1. The molecule has 0 saturated carbocycles. The van der Waals surface area contributed by atoms with E-state index in [1.54, 1.807) is 23.1 Å². The first kappa shape index (κ1) is 29.4. The van der Waals surface area contributed by atoms with Crippen LogP contribution in [0.4, 0.5) is 0 Å². The van der Waals surface area contributed by atoms with Crippen LogP contribution in [0.2, 0.25) is 15.1 Å². The van der Waals surface area contributed by atoms with Crippen LogP contribution in [0, 0.1) is 5.92 Å². The van der Waals surface area contributed by atoms with Gasteiger partial charge in [0.05, 0.1) is 0 Å². The average molecular weight is 603 g/mol. The smallest absolute Gasteiger partial charge is 0.247 e. The van der Waals surface area contributed by atoms with Crippen molar-refractivity contribution in [1.29, 1.82) is 0 Å². The van der Waals surface area contributed by atoms with Crippen molar-refractivity contribution in [3.8, 4) is 0 Å². The molecule has 1 aromatic heterocycles. The number of amides is 1. The third kappa shape index (κ3) is 7.20. The maximum absolute atomic E-state index is 13.8. The lowest BCUT2D eigenvalue weighted by molar-refractivity contribution is -0.136. The minimum atomic E-state index is -0.514. The third-order valence-electron chi connectivity index (χ3n) is 8.62. The molecule has 0 aliphatic carbocycles. The summed E-state index contributed by atoms with van der Waals surface area (Å²) in [5, 5.41) is 6.23. The molecule has 2 fully saturated rings. The molecule has 0 bridgehead atoms. The second kappa shape index (κ2) is 13.7. The Morgan fingerprint density at radius 2 is 1.68 bits per heavy atom. The number of carbonyl (C=O) groups is 1. The van der Waals surface area contributed by atoms with E-state index in [1.807, 2.05) is 17.0 Å². The van der Waals surface area contributed by atoms with Crippen LogP contribution in [0.1, 0.15) is 67.7 Å². The second-order valence-corrected chi connectivity index (χ2v) is 12.5. The number of carbonyl (C=O) groups excluding carboxylic acids is 1. The molecule has 40 heavy (non-hydrogen) atoms. The summed E-state index contributed by atoms with van der Waals surface area (Å²) in [5.74, 6) is 1.08. The number of benzene rings is 2. The molecule has 6 nitrogen and oxygen atoms in total. The largest absolute Gasteiger partial charge is 0.341 e. The lowest BCUT2D eigenvalue weighted by atomic mass is 9.83. The van der Waals surface area contributed by atoms with Gasteiger partial charge in [-0.1, -0.05) is 60.3 Å². The summed E-state index contributed by atoms with van der Waals surface area (Å²) < 4.78 is 1.64. The number of hydrogen-bond donors (Lipinski definition) is 0. The van der Waals surface area contributed by atoms with Gasteiger partial charge in [0.2, 0.25) is 5.91 Å². The van der Waals surface area contributed by atoms with Crippen molar-refractivity contribution < 1.29 is 4.79 Å². The Morgan fingerprint density at radius 3 is 2.35 bits per heavy atom. The van der Waals surface area contributed by atoms with Crippen LogP contribution in [0.3, 0.4) is 0 Å². The van der Waals surface area contributed by atoms with Crippen LogP contribution < -0.4 is 0 Å². The van der Waals surface area contributed by atoms with Crippen LogP contribution in [0.25, 0.3) is 0 Å². The van der Waals surface area contributed by atoms with Crippen molar-refractivity contribution >= 4 is 40.7 Å². The minimum Gasteiger partial charge on any atom is -0.341 e. The van der Waals surface area contributed by atoms with Gasteiger partial charge in [0.25, 0.3) is 0 Å². The second-order valence-electron chi connectivity index (χ2n) is 11.3. The van der Waals surface area contributed by atoms with Gasteiger partial charge < -0.3 is 9.80 Å². The predicted octanol–water partition coefficient (Wildman–Crippen LogP) is 7.09. The fraction of sp³-hybridized carbons (Fsp3) is 0.516. The molecule has 214 valence electrons. The fourth-order valence-corrected chi connectivity index (χ4v) is 7.00. The Hall–Kier alpha value is -2.12. The number of rotatable bonds is 10. The quantitative estimate of drug-likeness (QED) is 0.249. The van der Waals surface area contributed by atoms with E-state index in [9.17, 15) is 4.79 Å². The van der Waals surface area contributed by atoms with Crippen molar-refractivity contribution in [3.63, 3.8) is 0 Å². The highest BCUT2D eigenvalue weighted by Gasteiger charge is 2.32. The monoisotopic (exact) mass is 601 g/mol. The highest BCUT2D eigenvalue weighted by atomic mass is 35.5. The van der Waals surface area contributed by atoms with Crippen molar-refractivity contribution in [2.45, 2.75) is 63.8 Å². The zero-order valence-corrected chi connectivity index (χ0v) is 25.4. The molecule has 9 heteroatoms. The molecule has 2 aromatic carbocycles. The molecule has 0 spiro atoms. The Balaban J connectivity index is 1.27. The van der Waals surface area contributed by atoms with E-state index >= 15 is 0 Å². The van der Waals surface area contributed by atoms with Crippen LogP contribution in [-0.4, -0.2) is 63.2 Å². The van der Waals surface area contributed by atoms with Crippen LogP contribution in [0.15, 0.2) is 49.1 Å². The topological polar surface area (TPSA) is 54.3 Å². The van der Waals surface area contributed by atoms with Gasteiger partial charge in [-0.2, -0.15) is 5.10 Å². The van der Waals surface area contributed by atoms with Crippen LogP contribution in [0.5, 0.6) is 0 Å². The van der Waals surface area contributed by atoms with Crippen molar-refractivity contribution in [2.24, 2.45) is 5.92 Å². The van der Waals surface area contributed by atoms with Crippen molar-refractivity contribution in [1.82, 2.24) is 24.6 Å². The highest BCUT2D eigenvalue weighted by molar-refractivity contribution is 6.35. The summed E-state index contributed by atoms with van der Waals surface area (Å²) in [6.07, 6.45) is 10.2. The lowest BCUT2D eigenvalue weighted by Gasteiger charge is -2.35. The first-order valence-corrected chi connectivity index (χ1v) is 15.6. The van der Waals surface area contributed by atoms with E-state index in [-0.39, 0.29) is 5.91 Å². The molecule has 2 atom stereocenters. The number of hydrogen-bond acceptors (Lipinski definition) is 4. The first-order valence-electron chi connectivity index (χ1n) is 14.5. The predicted molar refractivity (Wildman–Crippen MR) is 162 cm³/mol. The number of aromatic nitrogens is 3. The minimum absolute atomic E-state index is 0.0444. The molecule has 5 rings (SSSR count). The van der Waals surface area contributed by atoms with Gasteiger partial charge in [-0.05, 0) is 98.0 Å². The molecule has 2 saturated heterocycles. The zero-order chi connectivity index (χ0) is 28.1. The van der Waals surface area contributed by atoms with Gasteiger partial charge in [0.1, 0.15) is 18.7 Å². The summed E-state index contributed by atoms with van der Waals surface area (Å²) in [6.45, 7) is 7.33. The van der Waals surface area contributed by atoms with E-state index in [4.69, 9.17) is 34.8 Å². The molecule has 0 radical (unpaired) electrons. The fourth-order valence-electron chi connectivity index (χ4n) is 6.32. The standard InChI is InChI=1S/C31H38Cl3N5O/c1-2-22(19-37-11-3-4-12-37)15-25-16-26(32)7-8-28(25)23-9-13-38(14-10-23)31(40)30(39-21-35-20-36-39)17-24-5-6-27(33)18-29(24)34/h5-8,16,18,20-23,30H,2-4,9-15,17,19H2,1H3. The Bertz CT molecular complexity index is 1270. The van der Waals surface area contributed by atoms with Gasteiger partial charge in [-0.25, -0.2) is 9.67 Å². The number of halogens is 3. The van der Waals surface area contributed by atoms with E-state index in [0.29, 0.717) is 41.4 Å². The number of piperidine rings is 1. The molecule has 3 aromatic rings. The van der Waals surface area contributed by atoms with E-state index in [0.717, 1.165) is 42.8 Å². The molecule has 1 amide bonds. The third-order valence-corrected chi connectivity index (χ3v) is 9.44. The van der Waals surface area contributed by atoms with Gasteiger partial charge in [-0.3, -0.25) is 4.79 Å². The van der Waals surface area contributed by atoms with E-state index in [2.05, 4.69) is 34.0 Å². The molecule has 2 unspecified atom stereocenters. The Morgan fingerprint density at radius 1 is 0.950 bits per heavy atom.